The van der Waals surface area contributed by atoms with Crippen molar-refractivity contribution in [2.24, 2.45) is 5.10 Å². The molecular formula is C16H13BrF3N3O3S. The van der Waals surface area contributed by atoms with Gasteiger partial charge in [-0.2, -0.15) is 23.3 Å². The van der Waals surface area contributed by atoms with Crippen LogP contribution in [0.2, 0.25) is 0 Å². The van der Waals surface area contributed by atoms with E-state index in [9.17, 15) is 23.1 Å². The Balaban J connectivity index is 2.01. The van der Waals surface area contributed by atoms with Crippen LogP contribution in [0.1, 0.15) is 29.4 Å². The highest BCUT2D eigenvalue weighted by Crippen LogP contribution is 2.44. The number of esters is 1. The molecule has 1 atom stereocenters. The van der Waals surface area contributed by atoms with E-state index >= 15 is 0 Å². The number of thiazole rings is 1. The molecule has 0 radical (unpaired) electrons. The van der Waals surface area contributed by atoms with Gasteiger partial charge in [-0.1, -0.05) is 28.1 Å². The third kappa shape index (κ3) is 3.71. The molecule has 0 amide bonds. The number of rotatable bonds is 4. The van der Waals surface area contributed by atoms with Gasteiger partial charge in [-0.25, -0.2) is 9.78 Å². The number of halogens is 4. The second kappa shape index (κ2) is 7.21. The summed E-state index contributed by atoms with van der Waals surface area (Å²) >= 11 is 4.01. The fourth-order valence-corrected chi connectivity index (χ4v) is 3.50. The van der Waals surface area contributed by atoms with Gasteiger partial charge in [0.2, 0.25) is 5.13 Å². The van der Waals surface area contributed by atoms with E-state index in [1.54, 1.807) is 31.2 Å². The molecule has 11 heteroatoms. The zero-order chi connectivity index (χ0) is 19.8. The zero-order valence-corrected chi connectivity index (χ0v) is 16.2. The van der Waals surface area contributed by atoms with Crippen molar-refractivity contribution in [1.82, 2.24) is 4.98 Å². The van der Waals surface area contributed by atoms with E-state index in [2.05, 4.69) is 26.0 Å². The Morgan fingerprint density at radius 1 is 1.41 bits per heavy atom. The number of benzene rings is 1. The van der Waals surface area contributed by atoms with Crippen molar-refractivity contribution in [3.63, 3.8) is 0 Å². The fourth-order valence-electron chi connectivity index (χ4n) is 2.43. The van der Waals surface area contributed by atoms with Gasteiger partial charge in [0.25, 0.3) is 5.72 Å². The molecule has 1 N–H and O–H groups in total. The number of hydrogen-bond acceptors (Lipinski definition) is 7. The Kier molecular flexibility index (Phi) is 5.28. The first kappa shape index (κ1) is 19.8. The molecule has 6 nitrogen and oxygen atoms in total. The topological polar surface area (TPSA) is 75.0 Å². The maximum absolute atomic E-state index is 13.6. The zero-order valence-electron chi connectivity index (χ0n) is 13.8. The lowest BCUT2D eigenvalue weighted by molar-refractivity contribution is -0.254. The molecular weight excluding hydrogens is 451 g/mol. The molecule has 0 spiro atoms. The van der Waals surface area contributed by atoms with E-state index in [0.29, 0.717) is 10.6 Å². The Labute approximate surface area is 164 Å². The standard InChI is InChI=1S/C16H13BrF3N3O3S/c1-2-26-13(24)12-8-27-14(21-12)23-15(25,16(18,19)20)7-11(22-23)9-3-5-10(17)6-4-9/h3-6,8,25H,2,7H2,1H3/t15-/m0/s1. The normalized spacial score (nSPS) is 19.9. The van der Waals surface area contributed by atoms with Gasteiger partial charge in [0.15, 0.2) is 5.69 Å². The molecule has 0 unspecified atom stereocenters. The highest BCUT2D eigenvalue weighted by atomic mass is 79.9. The molecule has 2 heterocycles. The van der Waals surface area contributed by atoms with Crippen molar-refractivity contribution in [3.8, 4) is 0 Å². The number of aliphatic hydroxyl groups is 1. The Bertz CT molecular complexity index is 885. The number of hydrogen-bond donors (Lipinski definition) is 1. The van der Waals surface area contributed by atoms with Crippen molar-refractivity contribution in [1.29, 1.82) is 0 Å². The molecule has 2 aromatic rings. The molecule has 1 aromatic carbocycles. The first-order valence-corrected chi connectivity index (χ1v) is 9.38. The van der Waals surface area contributed by atoms with Crippen LogP contribution in [0, 0.1) is 0 Å². The second-order valence-corrected chi connectivity index (χ2v) is 7.34. The van der Waals surface area contributed by atoms with E-state index in [0.717, 1.165) is 15.8 Å². The summed E-state index contributed by atoms with van der Waals surface area (Å²) in [6.45, 7) is 1.70. The summed E-state index contributed by atoms with van der Waals surface area (Å²) in [6, 6.07) is 6.51. The summed E-state index contributed by atoms with van der Waals surface area (Å²) in [5.74, 6) is -0.758. The van der Waals surface area contributed by atoms with Crippen LogP contribution in [-0.2, 0) is 4.74 Å². The van der Waals surface area contributed by atoms with Crippen LogP contribution in [0.15, 0.2) is 39.2 Å². The molecule has 144 valence electrons. The summed E-state index contributed by atoms with van der Waals surface area (Å²) < 4.78 is 46.4. The third-order valence-corrected chi connectivity index (χ3v) is 5.12. The maximum atomic E-state index is 13.6. The van der Waals surface area contributed by atoms with Gasteiger partial charge in [0.05, 0.1) is 18.7 Å². The summed E-state index contributed by atoms with van der Waals surface area (Å²) in [7, 11) is 0. The van der Waals surface area contributed by atoms with Crippen molar-refractivity contribution in [2.45, 2.75) is 25.2 Å². The maximum Gasteiger partial charge on any atom is 0.438 e. The van der Waals surface area contributed by atoms with E-state index in [1.165, 1.54) is 5.38 Å². The monoisotopic (exact) mass is 463 g/mol. The van der Waals surface area contributed by atoms with Gasteiger partial charge in [-0.3, -0.25) is 0 Å². The minimum atomic E-state index is -5.00. The summed E-state index contributed by atoms with van der Waals surface area (Å²) in [4.78, 5) is 15.6. The van der Waals surface area contributed by atoms with Gasteiger partial charge < -0.3 is 9.84 Å². The van der Waals surface area contributed by atoms with Gasteiger partial charge in [-0.05, 0) is 24.6 Å². The molecule has 0 bridgehead atoms. The highest BCUT2D eigenvalue weighted by Gasteiger charge is 2.62. The van der Waals surface area contributed by atoms with Gasteiger partial charge in [0.1, 0.15) is 0 Å². The number of ether oxygens (including phenoxy) is 1. The van der Waals surface area contributed by atoms with E-state index in [-0.39, 0.29) is 23.1 Å². The van der Waals surface area contributed by atoms with E-state index in [1.807, 2.05) is 0 Å². The Morgan fingerprint density at radius 3 is 2.67 bits per heavy atom. The minimum absolute atomic E-state index is 0.0511. The highest BCUT2D eigenvalue weighted by molar-refractivity contribution is 9.10. The van der Waals surface area contributed by atoms with E-state index < -0.39 is 24.3 Å². The Hall–Kier alpha value is -1.98. The van der Waals surface area contributed by atoms with Crippen molar-refractivity contribution >= 4 is 44.1 Å². The number of nitrogens with zero attached hydrogens (tertiary/aromatic N) is 3. The summed E-state index contributed by atoms with van der Waals surface area (Å²) in [6.07, 6.45) is -5.77. The number of aromatic nitrogens is 1. The molecule has 27 heavy (non-hydrogen) atoms. The lowest BCUT2D eigenvalue weighted by Gasteiger charge is -2.32. The van der Waals surface area contributed by atoms with Crippen molar-refractivity contribution < 1.29 is 27.8 Å². The van der Waals surface area contributed by atoms with Crippen LogP contribution in [0.4, 0.5) is 18.3 Å². The number of carbonyl (C=O) groups excluding carboxylic acids is 1. The summed E-state index contributed by atoms with van der Waals surface area (Å²) in [5.41, 5.74) is -2.92. The van der Waals surface area contributed by atoms with E-state index in [4.69, 9.17) is 4.74 Å². The van der Waals surface area contributed by atoms with Crippen LogP contribution in [0.25, 0.3) is 0 Å². The number of carbonyl (C=O) groups is 1. The quantitative estimate of drug-likeness (QED) is 0.694. The van der Waals surface area contributed by atoms with Crippen LogP contribution in [0.5, 0.6) is 0 Å². The lowest BCUT2D eigenvalue weighted by atomic mass is 10.0. The molecule has 0 fully saturated rings. The Morgan fingerprint density at radius 2 is 2.07 bits per heavy atom. The predicted molar refractivity (Wildman–Crippen MR) is 96.9 cm³/mol. The molecule has 1 aromatic heterocycles. The second-order valence-electron chi connectivity index (χ2n) is 5.59. The van der Waals surface area contributed by atoms with Crippen LogP contribution in [-0.4, -0.2) is 40.3 Å². The molecule has 1 aliphatic rings. The molecule has 0 saturated carbocycles. The van der Waals surface area contributed by atoms with Crippen LogP contribution >= 0.6 is 27.3 Å². The first-order valence-electron chi connectivity index (χ1n) is 7.71. The number of hydrazone groups is 1. The number of alkyl halides is 3. The predicted octanol–water partition coefficient (Wildman–Crippen LogP) is 3.95. The molecule has 1 aliphatic heterocycles. The minimum Gasteiger partial charge on any atom is -0.461 e. The smallest absolute Gasteiger partial charge is 0.438 e. The molecule has 0 aliphatic carbocycles. The SMILES string of the molecule is CCOC(=O)c1csc(N2N=C(c3ccc(Br)cc3)C[C@]2(O)C(F)(F)F)n1. The molecule has 0 saturated heterocycles. The lowest BCUT2D eigenvalue weighted by Crippen LogP contribution is -2.55. The van der Waals surface area contributed by atoms with Gasteiger partial charge in [-0.15, -0.1) is 11.3 Å². The van der Waals surface area contributed by atoms with Gasteiger partial charge >= 0.3 is 12.1 Å². The van der Waals surface area contributed by atoms with Crippen molar-refractivity contribution in [3.05, 3.63) is 45.4 Å². The fraction of sp³-hybridized carbons (Fsp3) is 0.312. The van der Waals surface area contributed by atoms with Gasteiger partial charge in [0, 0.05) is 9.85 Å². The average molecular weight is 464 g/mol. The number of anilines is 1. The van der Waals surface area contributed by atoms with Crippen LogP contribution < -0.4 is 5.01 Å². The first-order chi connectivity index (χ1) is 12.7. The molecule has 3 rings (SSSR count). The third-order valence-electron chi connectivity index (χ3n) is 3.77. The average Bonchev–Trinajstić information content (AvgIpc) is 3.20. The summed E-state index contributed by atoms with van der Waals surface area (Å²) in [5, 5.41) is 15.8. The largest absolute Gasteiger partial charge is 0.461 e. The van der Waals surface area contributed by atoms with Crippen molar-refractivity contribution in [2.75, 3.05) is 11.6 Å². The van der Waals surface area contributed by atoms with Crippen LogP contribution in [0.3, 0.4) is 0 Å².